The zero-order valence-corrected chi connectivity index (χ0v) is 18.4. The number of carbonyl (C=O) groups is 3. The fourth-order valence-electron chi connectivity index (χ4n) is 2.94. The lowest BCUT2D eigenvalue weighted by atomic mass is 9.97. The molecule has 0 saturated heterocycles. The van der Waals surface area contributed by atoms with Crippen molar-refractivity contribution in [3.8, 4) is 11.1 Å². The number of carbonyl (C=O) groups excluding carboxylic acids is 2. The maximum absolute atomic E-state index is 14.1. The highest BCUT2D eigenvalue weighted by molar-refractivity contribution is 6.32. The molecule has 0 radical (unpaired) electrons. The Morgan fingerprint density at radius 3 is 2.38 bits per heavy atom. The number of rotatable bonds is 9. The second-order valence-corrected chi connectivity index (χ2v) is 8.21. The van der Waals surface area contributed by atoms with Gasteiger partial charge in [-0.05, 0) is 41.7 Å². The van der Waals surface area contributed by atoms with Crippen LogP contribution in [0.2, 0.25) is 5.02 Å². The minimum absolute atomic E-state index is 0.0410. The molecule has 0 aliphatic carbocycles. The second-order valence-electron chi connectivity index (χ2n) is 7.78. The van der Waals surface area contributed by atoms with E-state index in [2.05, 4.69) is 5.32 Å². The summed E-state index contributed by atoms with van der Waals surface area (Å²) in [6.07, 6.45) is -1.92. The van der Waals surface area contributed by atoms with Gasteiger partial charge in [-0.15, -0.1) is 0 Å². The quantitative estimate of drug-likeness (QED) is 0.387. The van der Waals surface area contributed by atoms with E-state index in [-0.39, 0.29) is 25.4 Å². The molecule has 0 spiro atoms. The first-order valence-corrected chi connectivity index (χ1v) is 10.4. The van der Waals surface area contributed by atoms with Crippen LogP contribution in [-0.2, 0) is 25.5 Å². The van der Waals surface area contributed by atoms with Crippen molar-refractivity contribution in [3.63, 3.8) is 0 Å². The molecule has 9 heteroatoms. The Morgan fingerprint density at radius 1 is 1.12 bits per heavy atom. The van der Waals surface area contributed by atoms with Crippen LogP contribution in [0.25, 0.3) is 11.1 Å². The molecule has 1 amide bonds. The molecule has 0 aliphatic rings. The number of esters is 1. The van der Waals surface area contributed by atoms with Crippen LogP contribution in [0, 0.1) is 11.7 Å². The van der Waals surface area contributed by atoms with Crippen molar-refractivity contribution in [2.75, 3.05) is 6.61 Å². The van der Waals surface area contributed by atoms with Crippen molar-refractivity contribution in [1.29, 1.82) is 0 Å². The number of benzene rings is 2. The van der Waals surface area contributed by atoms with Crippen LogP contribution in [0.3, 0.4) is 0 Å². The van der Waals surface area contributed by atoms with Crippen molar-refractivity contribution in [2.45, 2.75) is 38.8 Å². The third-order valence-electron chi connectivity index (χ3n) is 4.54. The molecule has 3 N–H and O–H groups in total. The Kier molecular flexibility index (Phi) is 9.16. The first-order chi connectivity index (χ1) is 15.1. The molecular weight excluding hydrogens is 441 g/mol. The number of aliphatic hydroxyl groups excluding tert-OH is 1. The van der Waals surface area contributed by atoms with Gasteiger partial charge in [-0.25, -0.2) is 14.0 Å². The van der Waals surface area contributed by atoms with Gasteiger partial charge < -0.3 is 20.3 Å². The van der Waals surface area contributed by atoms with Gasteiger partial charge in [0.15, 0.2) is 6.10 Å². The Morgan fingerprint density at radius 2 is 1.78 bits per heavy atom. The molecule has 0 saturated carbocycles. The van der Waals surface area contributed by atoms with Gasteiger partial charge in [-0.1, -0.05) is 49.7 Å². The van der Waals surface area contributed by atoms with Crippen LogP contribution < -0.4 is 5.32 Å². The van der Waals surface area contributed by atoms with Crippen LogP contribution in [0.1, 0.15) is 25.8 Å². The van der Waals surface area contributed by atoms with Gasteiger partial charge in [0.05, 0.1) is 6.61 Å². The topological polar surface area (TPSA) is 113 Å². The van der Waals surface area contributed by atoms with Gasteiger partial charge in [0.2, 0.25) is 0 Å². The van der Waals surface area contributed by atoms with E-state index in [0.29, 0.717) is 21.7 Å². The van der Waals surface area contributed by atoms with E-state index >= 15 is 0 Å². The molecule has 2 aromatic carbocycles. The van der Waals surface area contributed by atoms with Gasteiger partial charge in [-0.2, -0.15) is 0 Å². The summed E-state index contributed by atoms with van der Waals surface area (Å²) < 4.78 is 19.0. The normalized spacial score (nSPS) is 12.8. The summed E-state index contributed by atoms with van der Waals surface area (Å²) >= 11 is 5.94. The summed E-state index contributed by atoms with van der Waals surface area (Å²) in [5, 5.41) is 21.5. The van der Waals surface area contributed by atoms with Crippen LogP contribution in [0.4, 0.5) is 4.39 Å². The van der Waals surface area contributed by atoms with Gasteiger partial charge in [0.1, 0.15) is 5.82 Å². The Balaban J connectivity index is 2.14. The van der Waals surface area contributed by atoms with Gasteiger partial charge in [0, 0.05) is 23.0 Å². The summed E-state index contributed by atoms with van der Waals surface area (Å²) in [5.41, 5.74) is 1.58. The fraction of sp³-hybridized carbons (Fsp3) is 0.348. The number of halogens is 2. The molecule has 2 rings (SSSR count). The SMILES string of the molecule is CC(C)COC(=O)C(=O)NC(Cc1ccc(-c2cc(Cl)ccc2F)cc1)CC(O)C(=O)O. The largest absolute Gasteiger partial charge is 0.479 e. The standard InChI is InChI=1S/C23H25ClFNO6/c1-13(2)12-32-23(31)21(28)26-17(11-20(27)22(29)30)9-14-3-5-15(6-4-14)18-10-16(24)7-8-19(18)25/h3-8,10,13,17,20,27H,9,11-12H2,1-2H3,(H,26,28)(H,29,30). The van der Waals surface area contributed by atoms with Crippen LogP contribution in [0.15, 0.2) is 42.5 Å². The van der Waals surface area contributed by atoms with Crippen LogP contribution >= 0.6 is 11.6 Å². The van der Waals surface area contributed by atoms with Crippen molar-refractivity contribution < 1.29 is 33.7 Å². The number of hydrogen-bond donors (Lipinski definition) is 3. The van der Waals surface area contributed by atoms with E-state index in [9.17, 15) is 23.9 Å². The molecular formula is C23H25ClFNO6. The summed E-state index contributed by atoms with van der Waals surface area (Å²) in [7, 11) is 0. The predicted octanol–water partition coefficient (Wildman–Crippen LogP) is 3.21. The molecule has 0 heterocycles. The number of aliphatic hydroxyl groups is 1. The van der Waals surface area contributed by atoms with Crippen molar-refractivity contribution >= 4 is 29.4 Å². The highest BCUT2D eigenvalue weighted by Gasteiger charge is 2.25. The van der Waals surface area contributed by atoms with Crippen molar-refractivity contribution in [2.24, 2.45) is 5.92 Å². The lowest BCUT2D eigenvalue weighted by Crippen LogP contribution is -2.44. The van der Waals surface area contributed by atoms with Gasteiger partial charge in [0.25, 0.3) is 0 Å². The van der Waals surface area contributed by atoms with E-state index in [1.807, 2.05) is 13.8 Å². The number of hydrogen-bond acceptors (Lipinski definition) is 5. The third kappa shape index (κ3) is 7.62. The lowest BCUT2D eigenvalue weighted by Gasteiger charge is -2.20. The monoisotopic (exact) mass is 465 g/mol. The Bertz CT molecular complexity index is 963. The van der Waals surface area contributed by atoms with Gasteiger partial charge >= 0.3 is 17.8 Å². The minimum atomic E-state index is -1.73. The number of carboxylic acids is 1. The number of ether oxygens (including phenoxy) is 1. The van der Waals surface area contributed by atoms with E-state index in [1.54, 1.807) is 24.3 Å². The van der Waals surface area contributed by atoms with Gasteiger partial charge in [-0.3, -0.25) is 4.79 Å². The maximum Gasteiger partial charge on any atom is 0.396 e. The lowest BCUT2D eigenvalue weighted by molar-refractivity contribution is -0.156. The highest BCUT2D eigenvalue weighted by atomic mass is 35.5. The number of nitrogens with one attached hydrogen (secondary N) is 1. The fourth-order valence-corrected chi connectivity index (χ4v) is 3.11. The molecule has 7 nitrogen and oxygen atoms in total. The van der Waals surface area contributed by atoms with E-state index in [4.69, 9.17) is 21.4 Å². The molecule has 172 valence electrons. The number of aliphatic carboxylic acids is 1. The predicted molar refractivity (Wildman–Crippen MR) is 117 cm³/mol. The maximum atomic E-state index is 14.1. The molecule has 2 atom stereocenters. The molecule has 2 unspecified atom stereocenters. The second kappa shape index (κ2) is 11.6. The van der Waals surface area contributed by atoms with E-state index in [0.717, 1.165) is 0 Å². The average Bonchev–Trinajstić information content (AvgIpc) is 2.74. The number of amides is 1. The first kappa shape index (κ1) is 25.3. The zero-order chi connectivity index (χ0) is 23.8. The smallest absolute Gasteiger partial charge is 0.396 e. The molecule has 0 fully saturated rings. The third-order valence-corrected chi connectivity index (χ3v) is 4.77. The van der Waals surface area contributed by atoms with Crippen LogP contribution in [0.5, 0.6) is 0 Å². The molecule has 2 aromatic rings. The highest BCUT2D eigenvalue weighted by Crippen LogP contribution is 2.26. The molecule has 32 heavy (non-hydrogen) atoms. The zero-order valence-electron chi connectivity index (χ0n) is 17.7. The molecule has 0 bridgehead atoms. The summed E-state index contributed by atoms with van der Waals surface area (Å²) in [5.74, 6) is -3.94. The summed E-state index contributed by atoms with van der Waals surface area (Å²) in [6.45, 7) is 3.70. The van der Waals surface area contributed by atoms with Crippen molar-refractivity contribution in [1.82, 2.24) is 5.32 Å². The van der Waals surface area contributed by atoms with E-state index < -0.39 is 35.8 Å². The minimum Gasteiger partial charge on any atom is -0.479 e. The van der Waals surface area contributed by atoms with E-state index in [1.165, 1.54) is 18.2 Å². The average molecular weight is 466 g/mol. The summed E-state index contributed by atoms with van der Waals surface area (Å²) in [4.78, 5) is 35.0. The molecule has 0 aliphatic heterocycles. The Hall–Kier alpha value is -2.97. The Labute approximate surface area is 190 Å². The first-order valence-electron chi connectivity index (χ1n) is 9.99. The van der Waals surface area contributed by atoms with Crippen LogP contribution in [-0.4, -0.2) is 46.8 Å². The molecule has 0 aromatic heterocycles. The van der Waals surface area contributed by atoms with Crippen molar-refractivity contribution in [3.05, 3.63) is 58.9 Å². The summed E-state index contributed by atoms with van der Waals surface area (Å²) in [6, 6.07) is 10.0. The number of carboxylic acid groups (broad SMARTS) is 1.